The van der Waals surface area contributed by atoms with Crippen LogP contribution in [0.5, 0.6) is 0 Å². The molecule has 2 aromatic carbocycles. The van der Waals surface area contributed by atoms with Gasteiger partial charge in [-0.25, -0.2) is 8.78 Å². The quantitative estimate of drug-likeness (QED) is 0.695. The van der Waals surface area contributed by atoms with Crippen LogP contribution in [0.15, 0.2) is 53.3 Å². The van der Waals surface area contributed by atoms with Crippen LogP contribution < -0.4 is 10.9 Å². The molecule has 0 unspecified atom stereocenters. The molecule has 0 radical (unpaired) electrons. The van der Waals surface area contributed by atoms with E-state index in [0.717, 1.165) is 31.4 Å². The van der Waals surface area contributed by atoms with E-state index >= 15 is 0 Å². The number of aromatic nitrogens is 1. The molecule has 1 saturated heterocycles. The number of benzene rings is 2. The van der Waals surface area contributed by atoms with Crippen LogP contribution in [-0.2, 0) is 11.3 Å². The van der Waals surface area contributed by atoms with Crippen molar-refractivity contribution in [3.63, 3.8) is 0 Å². The lowest BCUT2D eigenvalue weighted by Gasteiger charge is -2.27. The van der Waals surface area contributed by atoms with Gasteiger partial charge >= 0.3 is 0 Å². The normalized spacial score (nSPS) is 13.9. The van der Waals surface area contributed by atoms with Crippen molar-refractivity contribution >= 4 is 28.4 Å². The van der Waals surface area contributed by atoms with Crippen molar-refractivity contribution in [1.82, 2.24) is 9.47 Å². The second-order valence-corrected chi connectivity index (χ2v) is 7.56. The highest BCUT2D eigenvalue weighted by Crippen LogP contribution is 2.21. The van der Waals surface area contributed by atoms with E-state index in [9.17, 15) is 23.2 Å². The highest BCUT2D eigenvalue weighted by molar-refractivity contribution is 6.06. The van der Waals surface area contributed by atoms with Gasteiger partial charge in [-0.3, -0.25) is 19.0 Å². The van der Waals surface area contributed by atoms with Gasteiger partial charge < -0.3 is 10.2 Å². The molecule has 2 amide bonds. The number of likely N-dealkylation sites (tertiary alicyclic amines) is 1. The van der Waals surface area contributed by atoms with Gasteiger partial charge in [0.15, 0.2) is 0 Å². The number of para-hydroxylation sites is 1. The molecule has 0 spiro atoms. The number of hydrogen-bond donors (Lipinski definition) is 1. The van der Waals surface area contributed by atoms with Crippen LogP contribution >= 0.6 is 0 Å². The van der Waals surface area contributed by atoms with Crippen LogP contribution in [0.25, 0.3) is 10.9 Å². The van der Waals surface area contributed by atoms with Crippen molar-refractivity contribution in [2.24, 2.45) is 0 Å². The zero-order valence-electron chi connectivity index (χ0n) is 16.7. The van der Waals surface area contributed by atoms with Crippen LogP contribution in [0.1, 0.15) is 29.6 Å². The van der Waals surface area contributed by atoms with E-state index in [2.05, 4.69) is 5.32 Å². The molecule has 0 bridgehead atoms. The molecule has 3 aromatic rings. The molecule has 8 heteroatoms. The third-order valence-corrected chi connectivity index (χ3v) is 5.34. The summed E-state index contributed by atoms with van der Waals surface area (Å²) in [6.07, 6.45) is 2.94. The van der Waals surface area contributed by atoms with Gasteiger partial charge in [-0.05, 0) is 37.5 Å². The molecule has 1 aliphatic heterocycles. The number of carbonyl (C=O) groups is 2. The molecule has 6 nitrogen and oxygen atoms in total. The van der Waals surface area contributed by atoms with Crippen LogP contribution in [-0.4, -0.2) is 34.4 Å². The third-order valence-electron chi connectivity index (χ3n) is 5.34. The number of rotatable bonds is 4. The first-order chi connectivity index (χ1) is 14.9. The number of carbonyl (C=O) groups excluding carboxylic acids is 2. The van der Waals surface area contributed by atoms with Crippen LogP contribution in [0.2, 0.25) is 0 Å². The summed E-state index contributed by atoms with van der Waals surface area (Å²) in [6, 6.07) is 10.8. The van der Waals surface area contributed by atoms with Crippen LogP contribution in [0.3, 0.4) is 0 Å². The lowest BCUT2D eigenvalue weighted by Crippen LogP contribution is -2.37. The molecule has 0 aliphatic carbocycles. The molecule has 1 aromatic heterocycles. The minimum atomic E-state index is -0.821. The maximum atomic E-state index is 13.4. The highest BCUT2D eigenvalue weighted by atomic mass is 19.1. The number of halogens is 2. The average molecular weight is 425 g/mol. The number of fused-ring (bicyclic) bond motifs is 1. The Morgan fingerprint density at radius 2 is 1.61 bits per heavy atom. The fraction of sp³-hybridized carbons (Fsp3) is 0.261. The molecule has 31 heavy (non-hydrogen) atoms. The molecule has 2 heterocycles. The summed E-state index contributed by atoms with van der Waals surface area (Å²) >= 11 is 0. The summed E-state index contributed by atoms with van der Waals surface area (Å²) < 4.78 is 28.0. The van der Waals surface area contributed by atoms with E-state index in [1.165, 1.54) is 10.6 Å². The summed E-state index contributed by atoms with van der Waals surface area (Å²) in [4.78, 5) is 40.1. The van der Waals surface area contributed by atoms with Gasteiger partial charge in [0, 0.05) is 36.3 Å². The van der Waals surface area contributed by atoms with Gasteiger partial charge in [-0.15, -0.1) is 0 Å². The fourth-order valence-corrected chi connectivity index (χ4v) is 3.91. The molecule has 0 saturated carbocycles. The number of pyridine rings is 1. The molecule has 1 N–H and O–H groups in total. The Balaban J connectivity index is 1.66. The number of piperidine rings is 1. The summed E-state index contributed by atoms with van der Waals surface area (Å²) in [7, 11) is 0. The molecule has 4 rings (SSSR count). The van der Waals surface area contributed by atoms with E-state index < -0.39 is 23.1 Å². The van der Waals surface area contributed by atoms with Crippen molar-refractivity contribution in [1.29, 1.82) is 0 Å². The standard InChI is InChI=1S/C23H21F2N3O3/c24-15-10-16(25)12-17(11-15)26-21(29)14-28-20-7-3-2-6-18(20)19(13-22(28)30)23(31)27-8-4-1-5-9-27/h2-3,6-7,10-13H,1,4-5,8-9,14H2,(H,26,29). The van der Waals surface area contributed by atoms with Crippen molar-refractivity contribution in [2.45, 2.75) is 25.8 Å². The lowest BCUT2D eigenvalue weighted by atomic mass is 10.0. The average Bonchev–Trinajstić information content (AvgIpc) is 2.75. The molecule has 1 aliphatic rings. The Labute approximate surface area is 177 Å². The van der Waals surface area contributed by atoms with E-state index in [0.29, 0.717) is 35.6 Å². The minimum absolute atomic E-state index is 0.0447. The Morgan fingerprint density at radius 3 is 2.32 bits per heavy atom. The summed E-state index contributed by atoms with van der Waals surface area (Å²) in [6.45, 7) is 0.946. The Hall–Kier alpha value is -3.55. The number of nitrogens with zero attached hydrogens (tertiary/aromatic N) is 2. The van der Waals surface area contributed by atoms with Gasteiger partial charge in [0.1, 0.15) is 18.2 Å². The fourth-order valence-electron chi connectivity index (χ4n) is 3.91. The van der Waals surface area contributed by atoms with Crippen molar-refractivity contribution < 1.29 is 18.4 Å². The predicted molar refractivity (Wildman–Crippen MR) is 113 cm³/mol. The first-order valence-corrected chi connectivity index (χ1v) is 10.1. The Kier molecular flexibility index (Phi) is 5.79. The Morgan fingerprint density at radius 1 is 0.935 bits per heavy atom. The van der Waals surface area contributed by atoms with Gasteiger partial charge in [0.25, 0.3) is 11.5 Å². The second kappa shape index (κ2) is 8.67. The van der Waals surface area contributed by atoms with E-state index in [4.69, 9.17) is 0 Å². The smallest absolute Gasteiger partial charge is 0.254 e. The predicted octanol–water partition coefficient (Wildman–Crippen LogP) is 3.54. The number of amides is 2. The Bertz CT molecular complexity index is 1200. The maximum absolute atomic E-state index is 13.4. The second-order valence-electron chi connectivity index (χ2n) is 7.56. The van der Waals surface area contributed by atoms with Crippen molar-refractivity contribution in [2.75, 3.05) is 18.4 Å². The van der Waals surface area contributed by atoms with Crippen molar-refractivity contribution in [3.8, 4) is 0 Å². The van der Waals surface area contributed by atoms with E-state index in [-0.39, 0.29) is 18.1 Å². The van der Waals surface area contributed by atoms with Crippen LogP contribution in [0, 0.1) is 11.6 Å². The van der Waals surface area contributed by atoms with Gasteiger partial charge in [-0.1, -0.05) is 18.2 Å². The minimum Gasteiger partial charge on any atom is -0.339 e. The summed E-state index contributed by atoms with van der Waals surface area (Å²) in [5, 5.41) is 2.97. The van der Waals surface area contributed by atoms with Gasteiger partial charge in [0.05, 0.1) is 11.1 Å². The van der Waals surface area contributed by atoms with E-state index in [1.54, 1.807) is 29.2 Å². The summed E-state index contributed by atoms with van der Waals surface area (Å²) in [5.74, 6) is -2.45. The molecule has 1 fully saturated rings. The first-order valence-electron chi connectivity index (χ1n) is 10.1. The largest absolute Gasteiger partial charge is 0.339 e. The number of nitrogens with one attached hydrogen (secondary N) is 1. The van der Waals surface area contributed by atoms with E-state index in [1.807, 2.05) is 0 Å². The molecular formula is C23H21F2N3O3. The number of anilines is 1. The summed E-state index contributed by atoms with van der Waals surface area (Å²) in [5.41, 5.74) is 0.207. The zero-order chi connectivity index (χ0) is 22.0. The number of hydrogen-bond acceptors (Lipinski definition) is 3. The molecule has 0 atom stereocenters. The third kappa shape index (κ3) is 4.47. The maximum Gasteiger partial charge on any atom is 0.254 e. The monoisotopic (exact) mass is 425 g/mol. The molecular weight excluding hydrogens is 404 g/mol. The topological polar surface area (TPSA) is 71.4 Å². The lowest BCUT2D eigenvalue weighted by molar-refractivity contribution is -0.116. The zero-order valence-corrected chi connectivity index (χ0v) is 16.7. The highest BCUT2D eigenvalue weighted by Gasteiger charge is 2.22. The first kappa shape index (κ1) is 20.7. The van der Waals surface area contributed by atoms with Gasteiger partial charge in [0.2, 0.25) is 5.91 Å². The SMILES string of the molecule is O=C(Cn1c(=O)cc(C(=O)N2CCCCC2)c2ccccc21)Nc1cc(F)cc(F)c1. The van der Waals surface area contributed by atoms with Crippen LogP contribution in [0.4, 0.5) is 14.5 Å². The van der Waals surface area contributed by atoms with Gasteiger partial charge in [-0.2, -0.15) is 0 Å². The van der Waals surface area contributed by atoms with Crippen molar-refractivity contribution in [3.05, 3.63) is 76.1 Å². The molecule has 160 valence electrons.